The number of hydrogen-bond acceptors (Lipinski definition) is 24. The third-order valence-corrected chi connectivity index (χ3v) is 16.6. The monoisotopic (exact) mass is 1520 g/mol. The highest BCUT2D eigenvalue weighted by Gasteiger charge is 2.22. The van der Waals surface area contributed by atoms with Crippen molar-refractivity contribution in [2.75, 3.05) is 72.7 Å². The van der Waals surface area contributed by atoms with Gasteiger partial charge < -0.3 is 71.1 Å². The smallest absolute Gasteiger partial charge is 0.344 e. The van der Waals surface area contributed by atoms with Gasteiger partial charge in [0.15, 0.2) is 19.8 Å². The fourth-order valence-electron chi connectivity index (χ4n) is 10.8. The molecule has 0 fully saturated rings. The van der Waals surface area contributed by atoms with Crippen LogP contribution in [0.3, 0.4) is 0 Å². The largest absolute Gasteiger partial charge is 0.493 e. The van der Waals surface area contributed by atoms with Crippen LogP contribution in [0.2, 0.25) is 0 Å². The van der Waals surface area contributed by atoms with Gasteiger partial charge in [-0.25, -0.2) is 14.4 Å². The van der Waals surface area contributed by atoms with Crippen molar-refractivity contribution in [2.45, 2.75) is 299 Å². The summed E-state index contributed by atoms with van der Waals surface area (Å²) in [6.07, 6.45) is 30.1. The standard InChI is InChI=1S/C84H128O24/c1-8-12-16-20-24-32-40-94-69-48-66(49-70(54-69)95-41-33-25-21-17-13-9-2)60-102-75(85)57-78(88)105-63-81(91)100-46-38-30-28-36-44-98-73-52-68(62-104-77(87)59-80(90)107-65-83(93)108-84(5,6)7)53-74(56-73)99-45-37-29-31-39-47-101-82(92)64-106-79(89)58-76(86)103-61-67-50-71(96-42-34-26-22-18-14-10-3)55-72(51-67)97-43-35-27-23-19-15-11-4/h48-56H,8-47,57-65H2,1-7H3. The van der Waals surface area contributed by atoms with Crippen molar-refractivity contribution in [2.24, 2.45) is 0 Å². The molecule has 0 N–H and O–H groups in total. The lowest BCUT2D eigenvalue weighted by Gasteiger charge is -2.19. The molecule has 24 heteroatoms. The quantitative estimate of drug-likeness (QED) is 0.0219. The number of ether oxygens (including phenoxy) is 15. The molecule has 108 heavy (non-hydrogen) atoms. The Labute approximate surface area is 642 Å². The number of unbranched alkanes of at least 4 members (excludes halogenated alkanes) is 26. The van der Waals surface area contributed by atoms with Gasteiger partial charge >= 0.3 is 53.7 Å². The van der Waals surface area contributed by atoms with Crippen LogP contribution in [0.15, 0.2) is 54.6 Å². The average Bonchev–Trinajstić information content (AvgIpc) is 0.877. The van der Waals surface area contributed by atoms with Gasteiger partial charge in [0, 0.05) is 18.2 Å². The predicted octanol–water partition coefficient (Wildman–Crippen LogP) is 17.3. The molecule has 0 bridgehead atoms. The molecule has 0 saturated carbocycles. The maximum absolute atomic E-state index is 12.7. The number of hydrogen-bond donors (Lipinski definition) is 0. The van der Waals surface area contributed by atoms with E-state index in [1.165, 1.54) is 77.0 Å². The van der Waals surface area contributed by atoms with Crippen molar-refractivity contribution in [1.82, 2.24) is 0 Å². The average molecular weight is 1520 g/mol. The van der Waals surface area contributed by atoms with Crippen molar-refractivity contribution in [3.05, 3.63) is 71.3 Å². The first-order valence-electron chi connectivity index (χ1n) is 39.9. The van der Waals surface area contributed by atoms with Crippen molar-refractivity contribution in [3.63, 3.8) is 0 Å². The van der Waals surface area contributed by atoms with Gasteiger partial charge in [0.2, 0.25) is 0 Å². The maximum atomic E-state index is 12.7. The zero-order chi connectivity index (χ0) is 78.5. The summed E-state index contributed by atoms with van der Waals surface area (Å²) in [6.45, 7) is 14.2. The van der Waals surface area contributed by atoms with Crippen LogP contribution in [-0.4, -0.2) is 132 Å². The third-order valence-electron chi connectivity index (χ3n) is 16.6. The van der Waals surface area contributed by atoms with Crippen LogP contribution in [0.25, 0.3) is 0 Å². The SMILES string of the molecule is CCCCCCCCOc1cc(COC(=O)CC(=O)OCC(=O)OCCCCCCOc2cc(COC(=O)CC(=O)OCC(=O)OC(C)(C)C)cc(OCCCCCCOC(=O)COC(=O)CC(=O)OCc3cc(OCCCCCCCC)cc(OCCCCCCCC)c3)c2)cc(OCCCCCCCC)c1. The molecule has 0 aliphatic rings. The van der Waals surface area contributed by atoms with Crippen LogP contribution >= 0.6 is 0 Å². The summed E-state index contributed by atoms with van der Waals surface area (Å²) in [5, 5.41) is 0. The summed E-state index contributed by atoms with van der Waals surface area (Å²) >= 11 is 0. The minimum Gasteiger partial charge on any atom is -0.493 e. The van der Waals surface area contributed by atoms with E-state index < -0.39 is 98.4 Å². The Morgan fingerprint density at radius 3 is 0.667 bits per heavy atom. The fraction of sp³-hybridized carbons (Fsp3) is 0.679. The van der Waals surface area contributed by atoms with Gasteiger partial charge in [-0.05, 0) is 151 Å². The minimum atomic E-state index is -0.966. The Kier molecular flexibility index (Phi) is 52.7. The summed E-state index contributed by atoms with van der Waals surface area (Å²) in [6, 6.07) is 15.9. The maximum Gasteiger partial charge on any atom is 0.344 e. The molecule has 0 aliphatic carbocycles. The number of benzene rings is 3. The first-order chi connectivity index (χ1) is 52.2. The van der Waals surface area contributed by atoms with Gasteiger partial charge in [0.25, 0.3) is 0 Å². The third kappa shape index (κ3) is 51.9. The topological polar surface area (TPSA) is 292 Å². The molecule has 0 aromatic heterocycles. The number of esters is 9. The number of carbonyl (C=O) groups excluding carboxylic acids is 9. The van der Waals surface area contributed by atoms with Crippen LogP contribution in [0, 0.1) is 0 Å². The number of rotatable bonds is 66. The van der Waals surface area contributed by atoms with Crippen LogP contribution < -0.4 is 28.4 Å². The molecule has 3 aromatic carbocycles. The van der Waals surface area contributed by atoms with E-state index in [1.807, 2.05) is 12.1 Å². The first-order valence-corrected chi connectivity index (χ1v) is 39.9. The molecule has 0 saturated heterocycles. The second kappa shape index (κ2) is 60.6. The van der Waals surface area contributed by atoms with Gasteiger partial charge in [0.1, 0.15) is 79.2 Å². The van der Waals surface area contributed by atoms with Crippen molar-refractivity contribution >= 4 is 53.7 Å². The normalized spacial score (nSPS) is 11.0. The first kappa shape index (κ1) is 93.9. The molecule has 0 atom stereocenters. The fourth-order valence-corrected chi connectivity index (χ4v) is 10.8. The Bertz CT molecular complexity index is 2770. The van der Waals surface area contributed by atoms with E-state index in [-0.39, 0.29) is 33.0 Å². The molecule has 0 radical (unpaired) electrons. The van der Waals surface area contributed by atoms with Gasteiger partial charge in [-0.2, -0.15) is 0 Å². The Morgan fingerprint density at radius 2 is 0.435 bits per heavy atom. The lowest BCUT2D eigenvalue weighted by molar-refractivity contribution is -0.168. The molecule has 0 heterocycles. The zero-order valence-corrected chi connectivity index (χ0v) is 66.1. The zero-order valence-electron chi connectivity index (χ0n) is 66.1. The summed E-state index contributed by atoms with van der Waals surface area (Å²) in [7, 11) is 0. The summed E-state index contributed by atoms with van der Waals surface area (Å²) in [4.78, 5) is 112. The highest BCUT2D eigenvalue weighted by molar-refractivity contribution is 5.93. The lowest BCUT2D eigenvalue weighted by atomic mass is 10.1. The Morgan fingerprint density at radius 1 is 0.231 bits per heavy atom. The van der Waals surface area contributed by atoms with Gasteiger partial charge in [-0.1, -0.05) is 156 Å². The minimum absolute atomic E-state index is 0.0780. The van der Waals surface area contributed by atoms with Crippen molar-refractivity contribution < 1.29 is 114 Å². The van der Waals surface area contributed by atoms with Crippen LogP contribution in [0.5, 0.6) is 34.5 Å². The van der Waals surface area contributed by atoms with Gasteiger partial charge in [0.05, 0.1) is 52.9 Å². The van der Waals surface area contributed by atoms with E-state index in [4.69, 9.17) is 71.1 Å². The van der Waals surface area contributed by atoms with E-state index in [9.17, 15) is 43.2 Å². The molecule has 0 aliphatic heterocycles. The molecule has 0 spiro atoms. The summed E-state index contributed by atoms with van der Waals surface area (Å²) < 4.78 is 83.2. The molecule has 3 rings (SSSR count). The highest BCUT2D eigenvalue weighted by atomic mass is 16.6. The Hall–Kier alpha value is -8.31. The molecular weight excluding hydrogens is 1390 g/mol. The van der Waals surface area contributed by atoms with E-state index in [1.54, 1.807) is 63.2 Å². The lowest BCUT2D eigenvalue weighted by Crippen LogP contribution is -2.27. The van der Waals surface area contributed by atoms with E-state index in [0.717, 1.165) is 77.0 Å². The van der Waals surface area contributed by atoms with Gasteiger partial charge in [-0.3, -0.25) is 28.8 Å². The van der Waals surface area contributed by atoms with Crippen LogP contribution in [0.1, 0.15) is 290 Å². The molecule has 0 amide bonds. The number of carbonyl (C=O) groups is 9. The highest BCUT2D eigenvalue weighted by Crippen LogP contribution is 2.28. The van der Waals surface area contributed by atoms with E-state index in [2.05, 4.69) is 27.7 Å². The molecular formula is C84H128O24. The molecule has 24 nitrogen and oxygen atoms in total. The second-order valence-corrected chi connectivity index (χ2v) is 28.0. The van der Waals surface area contributed by atoms with Crippen molar-refractivity contribution in [3.8, 4) is 34.5 Å². The van der Waals surface area contributed by atoms with Crippen molar-refractivity contribution in [1.29, 1.82) is 0 Å². The second-order valence-electron chi connectivity index (χ2n) is 28.0. The summed E-state index contributed by atoms with van der Waals surface area (Å²) in [5.41, 5.74) is 1.00. The predicted molar refractivity (Wildman–Crippen MR) is 407 cm³/mol. The summed E-state index contributed by atoms with van der Waals surface area (Å²) in [5.74, 6) is -4.34. The molecule has 608 valence electrons. The van der Waals surface area contributed by atoms with E-state index >= 15 is 0 Å². The van der Waals surface area contributed by atoms with Crippen LogP contribution in [0.4, 0.5) is 0 Å². The van der Waals surface area contributed by atoms with Crippen LogP contribution in [-0.2, 0) is 106 Å². The van der Waals surface area contributed by atoms with E-state index in [0.29, 0.717) is 142 Å². The molecule has 3 aromatic rings. The Balaban J connectivity index is 1.40. The van der Waals surface area contributed by atoms with Gasteiger partial charge in [-0.15, -0.1) is 0 Å². The molecule has 0 unspecified atom stereocenters.